The number of hydrogen-bond acceptors (Lipinski definition) is 2. The van der Waals surface area contributed by atoms with E-state index in [0.29, 0.717) is 4.80 Å². The number of thiazole rings is 1. The highest BCUT2D eigenvalue weighted by Gasteiger charge is 2.17. The molecule has 0 saturated carbocycles. The van der Waals surface area contributed by atoms with Crippen LogP contribution in [0, 0.1) is 18.6 Å². The van der Waals surface area contributed by atoms with Crippen molar-refractivity contribution in [2.45, 2.75) is 6.92 Å². The molecule has 1 heterocycles. The van der Waals surface area contributed by atoms with Gasteiger partial charge in [-0.3, -0.25) is 4.79 Å². The first-order valence-corrected chi connectivity index (χ1v) is 7.39. The smallest absolute Gasteiger partial charge is 0.285 e. The second-order valence-corrected chi connectivity index (χ2v) is 5.89. The summed E-state index contributed by atoms with van der Waals surface area (Å²) in [7, 11) is 1.77. The number of para-hydroxylation sites is 1. The molecule has 3 nitrogen and oxygen atoms in total. The molecule has 0 spiro atoms. The van der Waals surface area contributed by atoms with Crippen molar-refractivity contribution in [3.8, 4) is 0 Å². The molecule has 22 heavy (non-hydrogen) atoms. The number of fused-ring (bicyclic) bond motifs is 1. The average Bonchev–Trinajstić information content (AvgIpc) is 2.76. The number of amides is 1. The van der Waals surface area contributed by atoms with Gasteiger partial charge in [-0.25, -0.2) is 8.78 Å². The summed E-state index contributed by atoms with van der Waals surface area (Å²) in [5, 5.41) is 0. The molecule has 0 unspecified atom stereocenters. The fraction of sp³-hybridized carbons (Fsp3) is 0.125. The molecule has 0 saturated heterocycles. The van der Waals surface area contributed by atoms with Gasteiger partial charge in [0.2, 0.25) is 0 Å². The summed E-state index contributed by atoms with van der Waals surface area (Å²) < 4.78 is 30.0. The second-order valence-electron chi connectivity index (χ2n) is 4.88. The van der Waals surface area contributed by atoms with Crippen LogP contribution >= 0.6 is 11.3 Å². The lowest BCUT2D eigenvalue weighted by Crippen LogP contribution is -2.15. The van der Waals surface area contributed by atoms with Gasteiger partial charge in [-0.15, -0.1) is 0 Å². The highest BCUT2D eigenvalue weighted by Crippen LogP contribution is 2.20. The van der Waals surface area contributed by atoms with Gasteiger partial charge in [-0.05, 0) is 30.7 Å². The summed E-state index contributed by atoms with van der Waals surface area (Å²) in [6.07, 6.45) is 0. The van der Waals surface area contributed by atoms with E-state index in [1.54, 1.807) is 11.6 Å². The highest BCUT2D eigenvalue weighted by atomic mass is 32.1. The summed E-state index contributed by atoms with van der Waals surface area (Å²) in [5.41, 5.74) is 1.37. The van der Waals surface area contributed by atoms with Gasteiger partial charge in [-0.2, -0.15) is 4.99 Å². The average molecular weight is 318 g/mol. The first kappa shape index (κ1) is 14.6. The Morgan fingerprint density at radius 2 is 1.77 bits per heavy atom. The van der Waals surface area contributed by atoms with Crippen LogP contribution in [0.25, 0.3) is 10.2 Å². The minimum absolute atomic E-state index is 0.400. The molecule has 0 aliphatic carbocycles. The largest absolute Gasteiger partial charge is 0.319 e. The normalized spacial score (nSPS) is 12.1. The number of hydrogen-bond donors (Lipinski definition) is 0. The second kappa shape index (κ2) is 5.46. The zero-order chi connectivity index (χ0) is 15.9. The van der Waals surface area contributed by atoms with Crippen molar-refractivity contribution in [1.82, 2.24) is 4.57 Å². The molecule has 0 fully saturated rings. The summed E-state index contributed by atoms with van der Waals surface area (Å²) >= 11 is 1.30. The van der Waals surface area contributed by atoms with Crippen LogP contribution in [0.15, 0.2) is 41.4 Å². The molecule has 1 aromatic heterocycles. The third-order valence-corrected chi connectivity index (χ3v) is 4.50. The first-order chi connectivity index (χ1) is 10.5. The van der Waals surface area contributed by atoms with Crippen LogP contribution in [0.5, 0.6) is 0 Å². The number of rotatable bonds is 1. The molecule has 0 aliphatic rings. The molecule has 112 valence electrons. The maximum absolute atomic E-state index is 13.6. The summed E-state index contributed by atoms with van der Waals surface area (Å²) in [5.74, 6) is -2.74. The van der Waals surface area contributed by atoms with Gasteiger partial charge in [0, 0.05) is 7.05 Å². The lowest BCUT2D eigenvalue weighted by molar-refractivity contribution is 0.0990. The van der Waals surface area contributed by atoms with Gasteiger partial charge in [0.15, 0.2) is 4.80 Å². The Morgan fingerprint density at radius 1 is 1.14 bits per heavy atom. The van der Waals surface area contributed by atoms with Crippen LogP contribution in [-0.2, 0) is 7.05 Å². The Hall–Kier alpha value is -2.34. The summed E-state index contributed by atoms with van der Waals surface area (Å²) in [6, 6.07) is 9.08. The number of carbonyl (C=O) groups is 1. The van der Waals surface area contributed by atoms with E-state index < -0.39 is 23.1 Å². The number of aromatic nitrogens is 1. The Morgan fingerprint density at radius 3 is 2.41 bits per heavy atom. The summed E-state index contributed by atoms with van der Waals surface area (Å²) in [6.45, 7) is 1.96. The zero-order valence-electron chi connectivity index (χ0n) is 11.9. The third-order valence-electron chi connectivity index (χ3n) is 3.40. The van der Waals surface area contributed by atoms with Gasteiger partial charge in [0.1, 0.15) is 17.2 Å². The molecule has 1 amide bonds. The van der Waals surface area contributed by atoms with Crippen molar-refractivity contribution < 1.29 is 13.6 Å². The number of nitrogens with zero attached hydrogens (tertiary/aromatic N) is 2. The molecule has 6 heteroatoms. The van der Waals surface area contributed by atoms with Crippen molar-refractivity contribution >= 4 is 27.5 Å². The monoisotopic (exact) mass is 318 g/mol. The minimum Gasteiger partial charge on any atom is -0.319 e. The van der Waals surface area contributed by atoms with E-state index in [2.05, 4.69) is 4.99 Å². The van der Waals surface area contributed by atoms with Crippen LogP contribution in [0.2, 0.25) is 0 Å². The van der Waals surface area contributed by atoms with Gasteiger partial charge >= 0.3 is 0 Å². The Labute approximate surface area is 129 Å². The van der Waals surface area contributed by atoms with Gasteiger partial charge in [0.05, 0.1) is 10.2 Å². The SMILES string of the molecule is Cc1cccc2sc(=NC(=O)c3c(F)cccc3F)n(C)c12. The molecular weight excluding hydrogens is 306 g/mol. The number of benzene rings is 2. The lowest BCUT2D eigenvalue weighted by Gasteiger charge is -2.00. The van der Waals surface area contributed by atoms with Crippen molar-refractivity contribution in [1.29, 1.82) is 0 Å². The Balaban J connectivity index is 2.19. The van der Waals surface area contributed by atoms with Crippen LogP contribution in [0.3, 0.4) is 0 Å². The maximum Gasteiger partial charge on any atom is 0.285 e. The molecule has 0 aliphatic heterocycles. The zero-order valence-corrected chi connectivity index (χ0v) is 12.7. The standard InChI is InChI=1S/C16H12F2N2OS/c1-9-5-3-8-12-14(9)20(2)16(22-12)19-15(21)13-10(17)6-4-7-11(13)18/h3-8H,1-2H3. The van der Waals surface area contributed by atoms with Crippen LogP contribution in [0.1, 0.15) is 15.9 Å². The quantitative estimate of drug-likeness (QED) is 0.675. The predicted octanol–water partition coefficient (Wildman–Crippen LogP) is 3.57. The molecule has 2 aromatic carbocycles. The molecule has 0 bridgehead atoms. The highest BCUT2D eigenvalue weighted by molar-refractivity contribution is 7.16. The number of halogens is 2. The molecule has 0 radical (unpaired) electrons. The topological polar surface area (TPSA) is 34.4 Å². The van der Waals surface area contributed by atoms with Crippen molar-refractivity contribution in [3.05, 3.63) is 64.0 Å². The van der Waals surface area contributed by atoms with Crippen LogP contribution in [-0.4, -0.2) is 10.5 Å². The fourth-order valence-electron chi connectivity index (χ4n) is 2.35. The molecule has 3 rings (SSSR count). The first-order valence-electron chi connectivity index (χ1n) is 6.57. The van der Waals surface area contributed by atoms with Crippen LogP contribution in [0.4, 0.5) is 8.78 Å². The van der Waals surface area contributed by atoms with Gasteiger partial charge in [0.25, 0.3) is 5.91 Å². The van der Waals surface area contributed by atoms with E-state index in [-0.39, 0.29) is 0 Å². The van der Waals surface area contributed by atoms with Crippen LogP contribution < -0.4 is 4.80 Å². The third kappa shape index (κ3) is 2.35. The van der Waals surface area contributed by atoms with Gasteiger partial charge in [-0.1, -0.05) is 29.5 Å². The Bertz CT molecular complexity index is 936. The van der Waals surface area contributed by atoms with Crippen molar-refractivity contribution in [3.63, 3.8) is 0 Å². The van der Waals surface area contributed by atoms with E-state index in [4.69, 9.17) is 0 Å². The molecule has 0 N–H and O–H groups in total. The summed E-state index contributed by atoms with van der Waals surface area (Å²) in [4.78, 5) is 16.4. The predicted molar refractivity (Wildman–Crippen MR) is 81.8 cm³/mol. The van der Waals surface area contributed by atoms with Gasteiger partial charge < -0.3 is 4.57 Å². The van der Waals surface area contributed by atoms with E-state index in [1.165, 1.54) is 17.4 Å². The fourth-order valence-corrected chi connectivity index (χ4v) is 3.44. The Kier molecular flexibility index (Phi) is 3.62. The number of aryl methyl sites for hydroxylation is 2. The van der Waals surface area contributed by atoms with E-state index >= 15 is 0 Å². The molecular formula is C16H12F2N2OS. The van der Waals surface area contributed by atoms with E-state index in [9.17, 15) is 13.6 Å². The van der Waals surface area contributed by atoms with E-state index in [0.717, 1.165) is 27.9 Å². The van der Waals surface area contributed by atoms with Crippen molar-refractivity contribution in [2.24, 2.45) is 12.0 Å². The van der Waals surface area contributed by atoms with E-state index in [1.807, 2.05) is 25.1 Å². The molecule has 0 atom stereocenters. The lowest BCUT2D eigenvalue weighted by atomic mass is 10.2. The maximum atomic E-state index is 13.6. The molecule has 3 aromatic rings. The minimum atomic E-state index is -0.921. The number of carbonyl (C=O) groups excluding carboxylic acids is 1. The van der Waals surface area contributed by atoms with Crippen molar-refractivity contribution in [2.75, 3.05) is 0 Å².